The van der Waals surface area contributed by atoms with E-state index >= 15 is 0 Å². The fourth-order valence-corrected chi connectivity index (χ4v) is 7.63. The van der Waals surface area contributed by atoms with Gasteiger partial charge < -0.3 is 20.9 Å². The molecule has 2 aromatic rings. The molecule has 12 nitrogen and oxygen atoms in total. The highest BCUT2D eigenvalue weighted by Crippen LogP contribution is 2.40. The number of ketones is 1. The van der Waals surface area contributed by atoms with E-state index in [1.165, 1.54) is 11.3 Å². The highest BCUT2D eigenvalue weighted by Gasteiger charge is 2.54. The minimum absolute atomic E-state index is 0.00480. The van der Waals surface area contributed by atoms with Gasteiger partial charge in [-0.1, -0.05) is 77.6 Å². The fourth-order valence-electron chi connectivity index (χ4n) is 7.63. The number of para-hydroxylation sites is 1. The molecule has 3 heterocycles. The number of fused-ring (bicyclic) bond motifs is 1. The average molecular weight is 701 g/mol. The summed E-state index contributed by atoms with van der Waals surface area (Å²) in [4.78, 5) is 80.6. The van der Waals surface area contributed by atoms with E-state index < -0.39 is 52.6 Å². The Labute approximate surface area is 299 Å². The lowest BCUT2D eigenvalue weighted by Crippen LogP contribution is -2.59. The number of hydrogen-bond donors (Lipinski definition) is 4. The molecule has 4 atom stereocenters. The lowest BCUT2D eigenvalue weighted by molar-refractivity contribution is -0.145. The first-order valence-electron chi connectivity index (χ1n) is 18.6. The number of nitrogens with one attached hydrogen (secondary N) is 4. The third-order valence-electron chi connectivity index (χ3n) is 10.6. The summed E-state index contributed by atoms with van der Waals surface area (Å²) in [5, 5.41) is 9.55. The molecule has 1 spiro atoms. The third kappa shape index (κ3) is 8.43. The van der Waals surface area contributed by atoms with Gasteiger partial charge in [-0.15, -0.1) is 0 Å². The number of carbonyl (C=O) groups excluding carboxylic acids is 5. The first-order chi connectivity index (χ1) is 24.4. The van der Waals surface area contributed by atoms with Crippen LogP contribution in [-0.4, -0.2) is 75.6 Å². The summed E-state index contributed by atoms with van der Waals surface area (Å²) in [7, 11) is 0. The summed E-state index contributed by atoms with van der Waals surface area (Å²) < 4.78 is 0. The molecule has 2 aliphatic carbocycles. The van der Waals surface area contributed by atoms with Gasteiger partial charge in [-0.25, -0.2) is 0 Å². The molecule has 51 heavy (non-hydrogen) atoms. The molecular formula is C39H52N6O6. The maximum atomic E-state index is 14.7. The van der Waals surface area contributed by atoms with Gasteiger partial charge in [0.1, 0.15) is 17.7 Å². The van der Waals surface area contributed by atoms with Crippen molar-refractivity contribution in [1.29, 1.82) is 0 Å². The Morgan fingerprint density at radius 2 is 1.76 bits per heavy atom. The van der Waals surface area contributed by atoms with Crippen molar-refractivity contribution in [3.63, 3.8) is 0 Å². The molecule has 0 bridgehead atoms. The van der Waals surface area contributed by atoms with Crippen molar-refractivity contribution in [1.82, 2.24) is 31.3 Å². The van der Waals surface area contributed by atoms with Crippen molar-refractivity contribution in [3.8, 4) is 0 Å². The lowest BCUT2D eigenvalue weighted by Gasteiger charge is -2.36. The van der Waals surface area contributed by atoms with Crippen LogP contribution in [0.1, 0.15) is 104 Å². The molecule has 4 N–H and O–H groups in total. The van der Waals surface area contributed by atoms with E-state index in [1.54, 1.807) is 6.20 Å². The first-order valence-corrected chi connectivity index (χ1v) is 18.6. The van der Waals surface area contributed by atoms with Gasteiger partial charge in [0.15, 0.2) is 0 Å². The van der Waals surface area contributed by atoms with Crippen LogP contribution >= 0.6 is 0 Å². The Bertz CT molecular complexity index is 1690. The molecule has 4 aliphatic rings. The summed E-state index contributed by atoms with van der Waals surface area (Å²) in [6.07, 6.45) is 11.9. The normalized spacial score (nSPS) is 23.3. The molecule has 1 aromatic carbocycles. The summed E-state index contributed by atoms with van der Waals surface area (Å²) >= 11 is 0. The second-order valence-corrected chi connectivity index (χ2v) is 15.9. The van der Waals surface area contributed by atoms with Crippen molar-refractivity contribution in [2.45, 2.75) is 128 Å². The highest BCUT2D eigenvalue weighted by atomic mass is 16.7. The van der Waals surface area contributed by atoms with Gasteiger partial charge in [0.05, 0.1) is 23.8 Å². The molecule has 2 saturated carbocycles. The largest absolute Gasteiger partial charge is 0.347 e. The van der Waals surface area contributed by atoms with Gasteiger partial charge in [0.25, 0.3) is 5.91 Å². The molecule has 274 valence electrons. The first kappa shape index (κ1) is 36.5. The number of likely N-dealkylation sites (tertiary alicyclic amines) is 1. The SMILES string of the molecule is CCC[C@H](NC(=O)[C@@H]1C[C@]2(C=C(c3cccc4cccnc34)NO2)CN1C(=O)[C@@H](NC(=O)CC1CCCCC1)C(C)(C)C)C(=O)C(=O)NC1CC1. The number of benzene rings is 1. The monoisotopic (exact) mass is 700 g/mol. The highest BCUT2D eigenvalue weighted by molar-refractivity contribution is 6.38. The molecule has 2 aliphatic heterocycles. The molecular weight excluding hydrogens is 648 g/mol. The summed E-state index contributed by atoms with van der Waals surface area (Å²) in [5.74, 6) is -2.25. The fraction of sp³-hybridized carbons (Fsp3) is 0.590. The topological polar surface area (TPSA) is 159 Å². The zero-order chi connectivity index (χ0) is 36.3. The Kier molecular flexibility index (Phi) is 10.8. The minimum Gasteiger partial charge on any atom is -0.347 e. The van der Waals surface area contributed by atoms with Crippen LogP contribution < -0.4 is 21.4 Å². The van der Waals surface area contributed by atoms with Crippen LogP contribution in [-0.2, 0) is 28.8 Å². The van der Waals surface area contributed by atoms with E-state index in [1.807, 2.05) is 64.1 Å². The van der Waals surface area contributed by atoms with Crippen molar-refractivity contribution in [2.75, 3.05) is 6.54 Å². The number of hydrogen-bond acceptors (Lipinski definition) is 8. The van der Waals surface area contributed by atoms with Crippen molar-refractivity contribution >= 4 is 46.0 Å². The minimum atomic E-state index is -1.09. The third-order valence-corrected chi connectivity index (χ3v) is 10.6. The van der Waals surface area contributed by atoms with Gasteiger partial charge in [-0.3, -0.25) is 39.3 Å². The van der Waals surface area contributed by atoms with Crippen LogP contribution in [0.3, 0.4) is 0 Å². The van der Waals surface area contributed by atoms with E-state index in [2.05, 4.69) is 26.4 Å². The predicted molar refractivity (Wildman–Crippen MR) is 192 cm³/mol. The molecule has 1 aromatic heterocycles. The molecule has 1 saturated heterocycles. The van der Waals surface area contributed by atoms with Crippen LogP contribution in [0.5, 0.6) is 0 Å². The van der Waals surface area contributed by atoms with Gasteiger partial charge in [0.2, 0.25) is 23.5 Å². The van der Waals surface area contributed by atoms with Crippen LogP contribution in [0, 0.1) is 11.3 Å². The van der Waals surface area contributed by atoms with Crippen LogP contribution in [0.15, 0.2) is 42.6 Å². The maximum absolute atomic E-state index is 14.7. The Balaban J connectivity index is 1.29. The van der Waals surface area contributed by atoms with E-state index in [0.29, 0.717) is 24.5 Å². The number of rotatable bonds is 12. The maximum Gasteiger partial charge on any atom is 0.289 e. The van der Waals surface area contributed by atoms with E-state index in [-0.39, 0.29) is 31.3 Å². The van der Waals surface area contributed by atoms with Crippen LogP contribution in [0.2, 0.25) is 0 Å². The van der Waals surface area contributed by atoms with Gasteiger partial charge in [-0.05, 0) is 55.6 Å². The second-order valence-electron chi connectivity index (χ2n) is 15.9. The predicted octanol–water partition coefficient (Wildman–Crippen LogP) is 4.08. The van der Waals surface area contributed by atoms with Gasteiger partial charge in [-0.2, -0.15) is 0 Å². The Hall–Kier alpha value is -4.32. The molecule has 12 heteroatoms. The van der Waals surface area contributed by atoms with E-state index in [4.69, 9.17) is 4.84 Å². The van der Waals surface area contributed by atoms with Gasteiger partial charge >= 0.3 is 0 Å². The van der Waals surface area contributed by atoms with Crippen molar-refractivity contribution < 1.29 is 28.8 Å². The molecule has 0 radical (unpaired) electrons. The van der Waals surface area contributed by atoms with Crippen molar-refractivity contribution in [2.24, 2.45) is 11.3 Å². The van der Waals surface area contributed by atoms with E-state index in [0.717, 1.165) is 55.0 Å². The number of Topliss-reactive ketones (excluding diaryl/α,β-unsaturated/α-hetero) is 1. The lowest BCUT2D eigenvalue weighted by atomic mass is 9.84. The number of carbonyl (C=O) groups is 5. The Morgan fingerprint density at radius 1 is 1.02 bits per heavy atom. The standard InChI is InChI=1S/C39H52N6O6/c1-5-11-28(33(47)36(49)41-26-17-18-26)42-35(48)30-22-39(21-29(44-51-39)27-16-9-14-25-15-10-19-40-32(25)27)23-45(30)37(50)34(38(2,3)4)43-31(46)20-24-12-7-6-8-13-24/h9-10,14-16,19,21,24,26,28,30,34,44H,5-8,11-13,17-18,20,22-23H2,1-4H3,(H,41,49)(H,42,48)(H,43,46)/t28-,30-,34+,39+/m0/s1. The smallest absolute Gasteiger partial charge is 0.289 e. The zero-order valence-electron chi connectivity index (χ0n) is 30.3. The van der Waals surface area contributed by atoms with Gasteiger partial charge in [0, 0.05) is 36.0 Å². The van der Waals surface area contributed by atoms with Crippen molar-refractivity contribution in [3.05, 3.63) is 48.2 Å². The number of hydroxylamine groups is 1. The summed E-state index contributed by atoms with van der Waals surface area (Å²) in [5.41, 5.74) is 3.53. The molecule has 3 fully saturated rings. The molecule has 0 unspecified atom stereocenters. The Morgan fingerprint density at radius 3 is 2.47 bits per heavy atom. The summed E-state index contributed by atoms with van der Waals surface area (Å²) in [6, 6.07) is 6.68. The number of aromatic nitrogens is 1. The number of amides is 4. The van der Waals surface area contributed by atoms with Crippen LogP contribution in [0.25, 0.3) is 16.6 Å². The molecule has 6 rings (SSSR count). The second kappa shape index (κ2) is 15.1. The van der Waals surface area contributed by atoms with Crippen LogP contribution in [0.4, 0.5) is 0 Å². The van der Waals surface area contributed by atoms with E-state index in [9.17, 15) is 24.0 Å². The zero-order valence-corrected chi connectivity index (χ0v) is 30.3. The quantitative estimate of drug-likeness (QED) is 0.241. The number of pyridine rings is 1. The summed E-state index contributed by atoms with van der Waals surface area (Å²) in [6.45, 7) is 7.58. The molecule has 4 amide bonds. The average Bonchev–Trinajstić information content (AvgIpc) is 3.71. The number of nitrogens with zero attached hydrogens (tertiary/aromatic N) is 2.